The van der Waals surface area contributed by atoms with Crippen LogP contribution >= 0.6 is 11.6 Å². The SMILES string of the molecule is O=C(C1CC1)N1CCC[C@H]1c1nc(-c2ccccc2Cl)no1. The molecule has 1 aliphatic carbocycles. The lowest BCUT2D eigenvalue weighted by Gasteiger charge is -2.21. The monoisotopic (exact) mass is 317 g/mol. The number of rotatable bonds is 3. The lowest BCUT2D eigenvalue weighted by molar-refractivity contribution is -0.133. The summed E-state index contributed by atoms with van der Waals surface area (Å²) >= 11 is 6.17. The number of halogens is 1. The number of nitrogens with zero attached hydrogens (tertiary/aromatic N) is 3. The van der Waals surface area contributed by atoms with Crippen LogP contribution in [0.4, 0.5) is 0 Å². The first-order valence-electron chi connectivity index (χ1n) is 7.63. The number of likely N-dealkylation sites (tertiary alicyclic amines) is 1. The smallest absolute Gasteiger partial charge is 0.249 e. The van der Waals surface area contributed by atoms with Crippen molar-refractivity contribution in [3.63, 3.8) is 0 Å². The predicted octanol–water partition coefficient (Wildman–Crippen LogP) is 3.46. The molecule has 1 aliphatic heterocycles. The highest BCUT2D eigenvalue weighted by Crippen LogP contribution is 2.38. The van der Waals surface area contributed by atoms with Crippen molar-refractivity contribution >= 4 is 17.5 Å². The van der Waals surface area contributed by atoms with Crippen LogP contribution < -0.4 is 0 Å². The van der Waals surface area contributed by atoms with Gasteiger partial charge in [-0.1, -0.05) is 28.9 Å². The molecule has 1 atom stereocenters. The van der Waals surface area contributed by atoms with E-state index >= 15 is 0 Å². The van der Waals surface area contributed by atoms with Crippen LogP contribution in [0.2, 0.25) is 5.02 Å². The molecule has 0 radical (unpaired) electrons. The molecule has 114 valence electrons. The highest BCUT2D eigenvalue weighted by atomic mass is 35.5. The van der Waals surface area contributed by atoms with Gasteiger partial charge in [-0.05, 0) is 37.8 Å². The fourth-order valence-corrected chi connectivity index (χ4v) is 3.19. The van der Waals surface area contributed by atoms with Gasteiger partial charge in [-0.3, -0.25) is 4.79 Å². The van der Waals surface area contributed by atoms with Crippen molar-refractivity contribution in [3.05, 3.63) is 35.2 Å². The molecule has 2 heterocycles. The van der Waals surface area contributed by atoms with Crippen LogP contribution in [0.25, 0.3) is 11.4 Å². The number of benzene rings is 1. The first-order valence-corrected chi connectivity index (χ1v) is 8.01. The molecule has 1 saturated carbocycles. The average molecular weight is 318 g/mol. The standard InChI is InChI=1S/C16H16ClN3O2/c17-12-5-2-1-4-11(12)14-18-15(22-19-14)13-6-3-9-20(13)16(21)10-7-8-10/h1-2,4-5,10,13H,3,6-9H2/t13-/m0/s1. The molecule has 4 rings (SSSR count). The maximum absolute atomic E-state index is 12.3. The Morgan fingerprint density at radius 1 is 1.27 bits per heavy atom. The van der Waals surface area contributed by atoms with Crippen molar-refractivity contribution < 1.29 is 9.32 Å². The summed E-state index contributed by atoms with van der Waals surface area (Å²) in [6, 6.07) is 7.32. The van der Waals surface area contributed by atoms with Crippen LogP contribution in [0, 0.1) is 5.92 Å². The second-order valence-corrected chi connectivity index (χ2v) is 6.31. The van der Waals surface area contributed by atoms with Crippen molar-refractivity contribution in [1.82, 2.24) is 15.0 Å². The molecule has 1 saturated heterocycles. The van der Waals surface area contributed by atoms with E-state index in [0.717, 1.165) is 37.8 Å². The zero-order valence-electron chi connectivity index (χ0n) is 12.0. The Hall–Kier alpha value is -1.88. The van der Waals surface area contributed by atoms with E-state index in [2.05, 4.69) is 10.1 Å². The second kappa shape index (κ2) is 5.39. The summed E-state index contributed by atoms with van der Waals surface area (Å²) in [5.74, 6) is 1.44. The lowest BCUT2D eigenvalue weighted by atomic mass is 10.2. The zero-order valence-corrected chi connectivity index (χ0v) is 12.8. The van der Waals surface area contributed by atoms with Gasteiger partial charge in [0.15, 0.2) is 0 Å². The summed E-state index contributed by atoms with van der Waals surface area (Å²) in [7, 11) is 0. The van der Waals surface area contributed by atoms with Gasteiger partial charge in [0.1, 0.15) is 6.04 Å². The number of amides is 1. The van der Waals surface area contributed by atoms with Crippen molar-refractivity contribution in [3.8, 4) is 11.4 Å². The molecule has 22 heavy (non-hydrogen) atoms. The van der Waals surface area contributed by atoms with Gasteiger partial charge in [-0.15, -0.1) is 0 Å². The Morgan fingerprint density at radius 2 is 2.09 bits per heavy atom. The Morgan fingerprint density at radius 3 is 2.86 bits per heavy atom. The summed E-state index contributed by atoms with van der Waals surface area (Å²) in [6.45, 7) is 0.782. The van der Waals surface area contributed by atoms with Gasteiger partial charge in [-0.25, -0.2) is 0 Å². The van der Waals surface area contributed by atoms with Gasteiger partial charge >= 0.3 is 0 Å². The minimum Gasteiger partial charge on any atom is -0.337 e. The van der Waals surface area contributed by atoms with Crippen molar-refractivity contribution in [1.29, 1.82) is 0 Å². The Bertz CT molecular complexity index is 711. The first kappa shape index (κ1) is 13.8. The summed E-state index contributed by atoms with van der Waals surface area (Å²) in [4.78, 5) is 18.7. The number of carbonyl (C=O) groups excluding carboxylic acids is 1. The quantitative estimate of drug-likeness (QED) is 0.869. The lowest BCUT2D eigenvalue weighted by Crippen LogP contribution is -2.31. The summed E-state index contributed by atoms with van der Waals surface area (Å²) in [6.07, 6.45) is 3.88. The molecule has 2 aliphatic rings. The molecule has 0 spiro atoms. The van der Waals surface area contributed by atoms with E-state index in [-0.39, 0.29) is 17.9 Å². The number of carbonyl (C=O) groups is 1. The first-order chi connectivity index (χ1) is 10.7. The van der Waals surface area contributed by atoms with E-state index < -0.39 is 0 Å². The summed E-state index contributed by atoms with van der Waals surface area (Å²) in [5, 5.41) is 4.63. The fourth-order valence-electron chi connectivity index (χ4n) is 2.97. The zero-order chi connectivity index (χ0) is 15.1. The predicted molar refractivity (Wildman–Crippen MR) is 81.2 cm³/mol. The average Bonchev–Trinajstić information content (AvgIpc) is 3.07. The highest BCUT2D eigenvalue weighted by molar-refractivity contribution is 6.33. The van der Waals surface area contributed by atoms with E-state index in [9.17, 15) is 4.79 Å². The molecular weight excluding hydrogens is 302 g/mol. The van der Waals surface area contributed by atoms with Gasteiger partial charge < -0.3 is 9.42 Å². The molecule has 0 N–H and O–H groups in total. The van der Waals surface area contributed by atoms with Crippen LogP contribution in [0.5, 0.6) is 0 Å². The molecule has 0 unspecified atom stereocenters. The molecular formula is C16H16ClN3O2. The van der Waals surface area contributed by atoms with E-state index in [1.54, 1.807) is 6.07 Å². The molecule has 1 aromatic carbocycles. The third kappa shape index (κ3) is 2.39. The summed E-state index contributed by atoms with van der Waals surface area (Å²) < 4.78 is 5.42. The van der Waals surface area contributed by atoms with Gasteiger partial charge in [-0.2, -0.15) is 4.98 Å². The Kier molecular flexibility index (Phi) is 3.37. The molecule has 2 aromatic rings. The molecule has 6 heteroatoms. The molecule has 5 nitrogen and oxygen atoms in total. The normalized spacial score (nSPS) is 21.3. The Balaban J connectivity index is 1.61. The van der Waals surface area contributed by atoms with Crippen LogP contribution in [-0.4, -0.2) is 27.5 Å². The van der Waals surface area contributed by atoms with Gasteiger partial charge in [0, 0.05) is 18.0 Å². The van der Waals surface area contributed by atoms with Gasteiger partial charge in [0.2, 0.25) is 17.6 Å². The van der Waals surface area contributed by atoms with E-state index in [1.165, 1.54) is 0 Å². The minimum atomic E-state index is -0.0863. The van der Waals surface area contributed by atoms with Crippen LogP contribution in [0.3, 0.4) is 0 Å². The van der Waals surface area contributed by atoms with Crippen molar-refractivity contribution in [2.75, 3.05) is 6.54 Å². The third-order valence-electron chi connectivity index (χ3n) is 4.30. The number of hydrogen-bond acceptors (Lipinski definition) is 4. The van der Waals surface area contributed by atoms with Crippen LogP contribution in [-0.2, 0) is 4.79 Å². The molecule has 2 fully saturated rings. The van der Waals surface area contributed by atoms with Crippen LogP contribution in [0.1, 0.15) is 37.6 Å². The van der Waals surface area contributed by atoms with E-state index in [4.69, 9.17) is 16.1 Å². The van der Waals surface area contributed by atoms with Crippen molar-refractivity contribution in [2.24, 2.45) is 5.92 Å². The number of aromatic nitrogens is 2. The molecule has 0 bridgehead atoms. The fraction of sp³-hybridized carbons (Fsp3) is 0.438. The maximum atomic E-state index is 12.3. The maximum Gasteiger partial charge on any atom is 0.249 e. The molecule has 1 aromatic heterocycles. The van der Waals surface area contributed by atoms with E-state index in [1.807, 2.05) is 23.1 Å². The minimum absolute atomic E-state index is 0.0863. The van der Waals surface area contributed by atoms with Gasteiger partial charge in [0.05, 0.1) is 5.02 Å². The van der Waals surface area contributed by atoms with Gasteiger partial charge in [0.25, 0.3) is 0 Å². The Labute approximate surface area is 133 Å². The largest absolute Gasteiger partial charge is 0.337 e. The van der Waals surface area contributed by atoms with Crippen LogP contribution in [0.15, 0.2) is 28.8 Å². The topological polar surface area (TPSA) is 59.2 Å². The second-order valence-electron chi connectivity index (χ2n) is 5.90. The van der Waals surface area contributed by atoms with Crippen molar-refractivity contribution in [2.45, 2.75) is 31.7 Å². The highest BCUT2D eigenvalue weighted by Gasteiger charge is 2.40. The molecule has 1 amide bonds. The number of hydrogen-bond donors (Lipinski definition) is 0. The van der Waals surface area contributed by atoms with E-state index in [0.29, 0.717) is 16.7 Å². The third-order valence-corrected chi connectivity index (χ3v) is 4.63. The summed E-state index contributed by atoms with van der Waals surface area (Å²) in [5.41, 5.74) is 0.747.